The lowest BCUT2D eigenvalue weighted by molar-refractivity contribution is 0.0942. The van der Waals surface area contributed by atoms with E-state index in [0.717, 1.165) is 23.8 Å². The van der Waals surface area contributed by atoms with Crippen molar-refractivity contribution in [2.75, 3.05) is 0 Å². The molecule has 2 atom stereocenters. The van der Waals surface area contributed by atoms with Crippen molar-refractivity contribution in [1.29, 1.82) is 0 Å². The molecule has 3 saturated carbocycles. The van der Waals surface area contributed by atoms with Crippen LogP contribution in [0.1, 0.15) is 71.8 Å². The van der Waals surface area contributed by atoms with E-state index < -0.39 is 0 Å². The van der Waals surface area contributed by atoms with Crippen molar-refractivity contribution >= 4 is 17.2 Å². The molecule has 1 aromatic rings. The van der Waals surface area contributed by atoms with E-state index >= 15 is 0 Å². The van der Waals surface area contributed by atoms with Crippen molar-refractivity contribution < 1.29 is 4.79 Å². The highest BCUT2D eigenvalue weighted by Crippen LogP contribution is 2.44. The van der Waals surface area contributed by atoms with Gasteiger partial charge in [0.25, 0.3) is 5.91 Å². The fourth-order valence-electron chi connectivity index (χ4n) is 3.57. The monoisotopic (exact) mass is 304 g/mol. The Labute approximate surface area is 130 Å². The summed E-state index contributed by atoms with van der Waals surface area (Å²) in [7, 11) is 0. The zero-order valence-electron chi connectivity index (χ0n) is 12.4. The lowest BCUT2D eigenvalue weighted by atomic mass is 9.93. The number of hydrogen-bond acceptors (Lipinski definition) is 3. The summed E-state index contributed by atoms with van der Waals surface area (Å²) in [5, 5.41) is 6.93. The fraction of sp³-hybridized carbons (Fsp3) is 0.706. The summed E-state index contributed by atoms with van der Waals surface area (Å²) in [5.41, 5.74) is 0. The van der Waals surface area contributed by atoms with Crippen LogP contribution >= 0.6 is 11.3 Å². The van der Waals surface area contributed by atoms with Gasteiger partial charge in [-0.3, -0.25) is 4.79 Å². The third kappa shape index (κ3) is 3.02. The molecule has 0 aromatic carbocycles. The lowest BCUT2D eigenvalue weighted by Crippen LogP contribution is -2.37. The third-order valence-electron chi connectivity index (χ3n) is 5.25. The predicted octanol–water partition coefficient (Wildman–Crippen LogP) is 3.42. The maximum Gasteiger partial charge on any atom is 0.261 e. The predicted molar refractivity (Wildman–Crippen MR) is 86.0 cm³/mol. The number of thiophene rings is 1. The van der Waals surface area contributed by atoms with Crippen LogP contribution in [0.5, 0.6) is 0 Å². The molecule has 114 valence electrons. The van der Waals surface area contributed by atoms with E-state index in [0.29, 0.717) is 18.0 Å². The van der Waals surface area contributed by atoms with Crippen LogP contribution < -0.4 is 10.6 Å². The minimum Gasteiger partial charge on any atom is -0.349 e. The summed E-state index contributed by atoms with van der Waals surface area (Å²) < 4.78 is 0. The fourth-order valence-corrected chi connectivity index (χ4v) is 4.66. The van der Waals surface area contributed by atoms with Gasteiger partial charge < -0.3 is 10.6 Å². The van der Waals surface area contributed by atoms with E-state index in [1.807, 2.05) is 6.07 Å². The van der Waals surface area contributed by atoms with Gasteiger partial charge in [0.2, 0.25) is 0 Å². The molecule has 4 heteroatoms. The molecule has 3 fully saturated rings. The van der Waals surface area contributed by atoms with Gasteiger partial charge >= 0.3 is 0 Å². The first kappa shape index (κ1) is 13.8. The van der Waals surface area contributed by atoms with Crippen LogP contribution in [0.2, 0.25) is 0 Å². The van der Waals surface area contributed by atoms with Crippen LogP contribution in [0.25, 0.3) is 0 Å². The molecule has 2 N–H and O–H groups in total. The van der Waals surface area contributed by atoms with Crippen LogP contribution in [0.3, 0.4) is 0 Å². The van der Waals surface area contributed by atoms with E-state index in [2.05, 4.69) is 16.7 Å². The average Bonchev–Trinajstić information content (AvgIpc) is 2.86. The smallest absolute Gasteiger partial charge is 0.261 e. The minimum absolute atomic E-state index is 0.141. The van der Waals surface area contributed by atoms with Gasteiger partial charge in [0.15, 0.2) is 0 Å². The number of carbonyl (C=O) groups excluding carboxylic acids is 1. The molecule has 0 bridgehead atoms. The Bertz CT molecular complexity index is 517. The maximum atomic E-state index is 12.3. The van der Waals surface area contributed by atoms with Crippen molar-refractivity contribution in [1.82, 2.24) is 10.6 Å². The molecular weight excluding hydrogens is 280 g/mol. The molecule has 3 aliphatic carbocycles. The number of amides is 1. The van der Waals surface area contributed by atoms with Crippen LogP contribution in [-0.4, -0.2) is 24.0 Å². The second kappa shape index (κ2) is 5.73. The molecule has 21 heavy (non-hydrogen) atoms. The number of nitrogens with one attached hydrogen (secondary N) is 2. The second-order valence-electron chi connectivity index (χ2n) is 6.90. The standard InChI is InChI=1S/C17H24N2OS/c20-17(19-12-4-1-2-5-12)16-9-8-15(21-16)13-10-14(13)18-11-6-3-7-11/h8-9,11-14,18H,1-7,10H2,(H,19,20). The van der Waals surface area contributed by atoms with Gasteiger partial charge in [0.1, 0.15) is 0 Å². The highest BCUT2D eigenvalue weighted by atomic mass is 32.1. The van der Waals surface area contributed by atoms with E-state index in [1.165, 1.54) is 43.4 Å². The first-order valence-electron chi connectivity index (χ1n) is 8.46. The number of rotatable bonds is 5. The van der Waals surface area contributed by atoms with Gasteiger partial charge in [-0.1, -0.05) is 19.3 Å². The van der Waals surface area contributed by atoms with Crippen molar-refractivity contribution in [3.05, 3.63) is 21.9 Å². The number of carbonyl (C=O) groups is 1. The molecule has 0 radical (unpaired) electrons. The largest absolute Gasteiger partial charge is 0.349 e. The zero-order valence-corrected chi connectivity index (χ0v) is 13.3. The molecule has 3 aliphatic rings. The Balaban J connectivity index is 1.31. The molecule has 4 rings (SSSR count). The van der Waals surface area contributed by atoms with E-state index in [-0.39, 0.29) is 5.91 Å². The summed E-state index contributed by atoms with van der Waals surface area (Å²) in [6.07, 6.45) is 10.2. The maximum absolute atomic E-state index is 12.3. The highest BCUT2D eigenvalue weighted by Gasteiger charge is 2.41. The topological polar surface area (TPSA) is 41.1 Å². The Morgan fingerprint density at radius 1 is 1.05 bits per heavy atom. The van der Waals surface area contributed by atoms with Crippen LogP contribution in [0, 0.1) is 0 Å². The van der Waals surface area contributed by atoms with E-state index in [1.54, 1.807) is 11.3 Å². The Hall–Kier alpha value is -0.870. The summed E-state index contributed by atoms with van der Waals surface area (Å²) in [5.74, 6) is 0.797. The third-order valence-corrected chi connectivity index (χ3v) is 6.47. The van der Waals surface area contributed by atoms with Crippen molar-refractivity contribution in [2.45, 2.75) is 75.4 Å². The van der Waals surface area contributed by atoms with Crippen molar-refractivity contribution in [2.24, 2.45) is 0 Å². The summed E-state index contributed by atoms with van der Waals surface area (Å²) >= 11 is 1.70. The Kier molecular flexibility index (Phi) is 3.76. The summed E-state index contributed by atoms with van der Waals surface area (Å²) in [4.78, 5) is 14.5. The van der Waals surface area contributed by atoms with Crippen molar-refractivity contribution in [3.63, 3.8) is 0 Å². The van der Waals surface area contributed by atoms with Gasteiger partial charge in [-0.05, 0) is 44.2 Å². The molecule has 0 saturated heterocycles. The minimum atomic E-state index is 0.141. The van der Waals surface area contributed by atoms with Gasteiger partial charge in [0, 0.05) is 28.9 Å². The molecule has 2 unspecified atom stereocenters. The van der Waals surface area contributed by atoms with Gasteiger partial charge in [-0.2, -0.15) is 0 Å². The quantitative estimate of drug-likeness (QED) is 0.875. The van der Waals surface area contributed by atoms with Gasteiger partial charge in [0.05, 0.1) is 4.88 Å². The zero-order chi connectivity index (χ0) is 14.2. The highest BCUT2D eigenvalue weighted by molar-refractivity contribution is 7.14. The van der Waals surface area contributed by atoms with Crippen LogP contribution in [0.15, 0.2) is 12.1 Å². The summed E-state index contributed by atoms with van der Waals surface area (Å²) in [6.45, 7) is 0. The molecule has 1 aromatic heterocycles. The Morgan fingerprint density at radius 3 is 2.52 bits per heavy atom. The molecule has 0 spiro atoms. The normalized spacial score (nSPS) is 29.3. The number of hydrogen-bond donors (Lipinski definition) is 2. The van der Waals surface area contributed by atoms with E-state index in [4.69, 9.17) is 0 Å². The summed E-state index contributed by atoms with van der Waals surface area (Å²) in [6, 6.07) is 6.03. The van der Waals surface area contributed by atoms with Crippen LogP contribution in [0.4, 0.5) is 0 Å². The average molecular weight is 304 g/mol. The second-order valence-corrected chi connectivity index (χ2v) is 8.02. The molecule has 0 aliphatic heterocycles. The van der Waals surface area contributed by atoms with Crippen molar-refractivity contribution in [3.8, 4) is 0 Å². The SMILES string of the molecule is O=C(NC1CCCC1)c1ccc(C2CC2NC2CCC2)s1. The molecule has 1 heterocycles. The van der Waals surface area contributed by atoms with Gasteiger partial charge in [-0.25, -0.2) is 0 Å². The Morgan fingerprint density at radius 2 is 1.81 bits per heavy atom. The first-order valence-corrected chi connectivity index (χ1v) is 9.28. The molecule has 1 amide bonds. The molecule has 3 nitrogen and oxygen atoms in total. The van der Waals surface area contributed by atoms with Crippen LogP contribution in [-0.2, 0) is 0 Å². The van der Waals surface area contributed by atoms with E-state index in [9.17, 15) is 4.79 Å². The lowest BCUT2D eigenvalue weighted by Gasteiger charge is -2.26. The first-order chi connectivity index (χ1) is 10.3. The molecular formula is C17H24N2OS. The van der Waals surface area contributed by atoms with Gasteiger partial charge in [-0.15, -0.1) is 11.3 Å².